The number of nitrogens with zero attached hydrogens (tertiary/aromatic N) is 3. The van der Waals surface area contributed by atoms with Crippen molar-refractivity contribution in [2.75, 3.05) is 26.0 Å². The van der Waals surface area contributed by atoms with Gasteiger partial charge < -0.3 is 10.2 Å². The molecule has 1 aromatic rings. The van der Waals surface area contributed by atoms with E-state index < -0.39 is 5.92 Å². The van der Waals surface area contributed by atoms with Crippen LogP contribution in [0, 0.1) is 11.8 Å². The third-order valence-corrected chi connectivity index (χ3v) is 4.39. The van der Waals surface area contributed by atoms with Crippen molar-refractivity contribution in [2.24, 2.45) is 16.8 Å². The monoisotopic (exact) mass is 326 g/mol. The number of carbonyl (C=O) groups is 2. The minimum absolute atomic E-state index is 0.0491. The van der Waals surface area contributed by atoms with Gasteiger partial charge in [-0.25, -0.2) is 4.98 Å². The molecule has 0 aromatic carbocycles. The van der Waals surface area contributed by atoms with Crippen molar-refractivity contribution >= 4 is 23.7 Å². The zero-order valence-corrected chi connectivity index (χ0v) is 14.0. The first kappa shape index (κ1) is 16.5. The molecule has 0 saturated heterocycles. The Kier molecular flexibility index (Phi) is 4.85. The molecule has 2 unspecified atom stereocenters. The lowest BCUT2D eigenvalue weighted by Crippen LogP contribution is -2.29. The van der Waals surface area contributed by atoms with Gasteiger partial charge in [-0.1, -0.05) is 6.07 Å². The normalized spacial score (nSPS) is 23.4. The molecule has 1 N–H and O–H groups in total. The number of hydrogen-bond donors (Lipinski definition) is 1. The van der Waals surface area contributed by atoms with E-state index in [1.54, 1.807) is 30.6 Å². The molecule has 0 spiro atoms. The molecule has 0 fully saturated rings. The van der Waals surface area contributed by atoms with Gasteiger partial charge in [-0.15, -0.1) is 0 Å². The lowest BCUT2D eigenvalue weighted by Gasteiger charge is -2.19. The largest absolute Gasteiger partial charge is 0.310 e. The summed E-state index contributed by atoms with van der Waals surface area (Å²) in [5.41, 5.74) is 1.35. The lowest BCUT2D eigenvalue weighted by atomic mass is 9.92. The molecule has 24 heavy (non-hydrogen) atoms. The molecule has 2 aliphatic rings. The molecule has 6 nitrogen and oxygen atoms in total. The number of hydrogen-bond acceptors (Lipinski definition) is 5. The third kappa shape index (κ3) is 3.59. The molecular weight excluding hydrogens is 304 g/mol. The van der Waals surface area contributed by atoms with Gasteiger partial charge in [0.1, 0.15) is 11.7 Å². The van der Waals surface area contributed by atoms with Crippen molar-refractivity contribution in [3.63, 3.8) is 0 Å². The maximum atomic E-state index is 12.7. The molecule has 1 aliphatic carbocycles. The van der Waals surface area contributed by atoms with Crippen molar-refractivity contribution in [3.8, 4) is 0 Å². The minimum atomic E-state index is -0.604. The maximum Gasteiger partial charge on any atom is 0.238 e. The van der Waals surface area contributed by atoms with Crippen LogP contribution in [0.3, 0.4) is 0 Å². The van der Waals surface area contributed by atoms with Crippen molar-refractivity contribution in [2.45, 2.75) is 19.3 Å². The number of rotatable bonds is 4. The number of amides is 1. The number of Topliss-reactive ketones (excluding diaryl/α,β-unsaturated/α-hetero) is 1. The second-order valence-electron chi connectivity index (χ2n) is 6.61. The van der Waals surface area contributed by atoms with E-state index in [9.17, 15) is 9.59 Å². The smallest absolute Gasteiger partial charge is 0.238 e. The standard InChI is InChI=1S/C18H22N4O2/c1-22(2)11-12-6-7-14-17(15(23)9-12)13(10-20-14)18(24)21-16-5-3-4-8-19-16/h3-5,8,10,12-13H,6-7,9,11H2,1-2H3,(H,19,21,24). The molecule has 1 aliphatic heterocycles. The number of allylic oxidation sites excluding steroid dienone is 1. The first-order valence-corrected chi connectivity index (χ1v) is 8.21. The van der Waals surface area contributed by atoms with Gasteiger partial charge in [0.05, 0.1) is 0 Å². The van der Waals surface area contributed by atoms with E-state index in [2.05, 4.69) is 20.2 Å². The molecule has 2 heterocycles. The minimum Gasteiger partial charge on any atom is -0.310 e. The first-order chi connectivity index (χ1) is 11.5. The molecule has 6 heteroatoms. The zero-order chi connectivity index (χ0) is 17.1. The van der Waals surface area contributed by atoms with Crippen molar-refractivity contribution in [1.82, 2.24) is 9.88 Å². The Labute approximate surface area is 141 Å². The van der Waals surface area contributed by atoms with Crippen LogP contribution in [0.5, 0.6) is 0 Å². The molecule has 0 saturated carbocycles. The Morgan fingerprint density at radius 3 is 2.92 bits per heavy atom. The van der Waals surface area contributed by atoms with Gasteiger partial charge in [0.15, 0.2) is 5.78 Å². The molecular formula is C18H22N4O2. The van der Waals surface area contributed by atoms with Crippen molar-refractivity contribution in [1.29, 1.82) is 0 Å². The summed E-state index contributed by atoms with van der Waals surface area (Å²) in [6, 6.07) is 5.31. The van der Waals surface area contributed by atoms with Crippen molar-refractivity contribution in [3.05, 3.63) is 35.7 Å². The quantitative estimate of drug-likeness (QED) is 0.917. The number of pyridine rings is 1. The average Bonchev–Trinajstić information content (AvgIpc) is 2.91. The Morgan fingerprint density at radius 1 is 1.38 bits per heavy atom. The zero-order valence-electron chi connectivity index (χ0n) is 14.0. The van der Waals surface area contributed by atoms with Crippen LogP contribution in [0.25, 0.3) is 0 Å². The summed E-state index contributed by atoms with van der Waals surface area (Å²) in [5.74, 6) is -0.00759. The van der Waals surface area contributed by atoms with Crippen LogP contribution in [0.1, 0.15) is 19.3 Å². The number of nitrogens with one attached hydrogen (secondary N) is 1. The van der Waals surface area contributed by atoms with Crippen LogP contribution in [0.15, 0.2) is 40.7 Å². The van der Waals surface area contributed by atoms with Crippen LogP contribution < -0.4 is 5.32 Å². The number of aliphatic imine (C=N–C) groups is 1. The molecule has 126 valence electrons. The van der Waals surface area contributed by atoms with E-state index in [1.165, 1.54) is 0 Å². The molecule has 2 atom stereocenters. The topological polar surface area (TPSA) is 74.7 Å². The summed E-state index contributed by atoms with van der Waals surface area (Å²) >= 11 is 0. The fourth-order valence-electron chi connectivity index (χ4n) is 3.35. The van der Waals surface area contributed by atoms with Crippen LogP contribution in [-0.2, 0) is 9.59 Å². The van der Waals surface area contributed by atoms with E-state index in [-0.39, 0.29) is 11.7 Å². The van der Waals surface area contributed by atoms with Gasteiger partial charge in [-0.3, -0.25) is 14.6 Å². The van der Waals surface area contributed by atoms with E-state index in [0.717, 1.165) is 25.1 Å². The Hall–Kier alpha value is -2.34. The Bertz CT molecular complexity index is 694. The fourth-order valence-corrected chi connectivity index (χ4v) is 3.35. The molecule has 3 rings (SSSR count). The second kappa shape index (κ2) is 7.05. The maximum absolute atomic E-state index is 12.7. The average molecular weight is 326 g/mol. The van der Waals surface area contributed by atoms with E-state index in [0.29, 0.717) is 23.7 Å². The summed E-state index contributed by atoms with van der Waals surface area (Å²) in [6.07, 6.45) is 5.37. The highest BCUT2D eigenvalue weighted by Crippen LogP contribution is 2.34. The van der Waals surface area contributed by atoms with Crippen LogP contribution in [0.4, 0.5) is 5.82 Å². The lowest BCUT2D eigenvalue weighted by molar-refractivity contribution is -0.121. The van der Waals surface area contributed by atoms with E-state index in [4.69, 9.17) is 0 Å². The van der Waals surface area contributed by atoms with Gasteiger partial charge in [0.2, 0.25) is 5.91 Å². The van der Waals surface area contributed by atoms with Gasteiger partial charge in [0.25, 0.3) is 0 Å². The van der Waals surface area contributed by atoms with Gasteiger partial charge in [-0.2, -0.15) is 0 Å². The summed E-state index contributed by atoms with van der Waals surface area (Å²) in [7, 11) is 4.02. The van der Waals surface area contributed by atoms with Crippen LogP contribution in [-0.4, -0.2) is 48.4 Å². The number of anilines is 1. The molecule has 1 amide bonds. The van der Waals surface area contributed by atoms with Crippen molar-refractivity contribution < 1.29 is 9.59 Å². The van der Waals surface area contributed by atoms with E-state index >= 15 is 0 Å². The second-order valence-corrected chi connectivity index (χ2v) is 6.61. The summed E-state index contributed by atoms with van der Waals surface area (Å²) in [5, 5.41) is 2.77. The highest BCUT2D eigenvalue weighted by molar-refractivity contribution is 6.14. The Balaban J connectivity index is 1.73. The summed E-state index contributed by atoms with van der Waals surface area (Å²) < 4.78 is 0. The molecule has 0 radical (unpaired) electrons. The van der Waals surface area contributed by atoms with Gasteiger partial charge in [-0.05, 0) is 45.0 Å². The summed E-state index contributed by atoms with van der Waals surface area (Å²) in [6.45, 7) is 0.876. The molecule has 1 aromatic heterocycles. The summed E-state index contributed by atoms with van der Waals surface area (Å²) in [4.78, 5) is 35.8. The number of aromatic nitrogens is 1. The highest BCUT2D eigenvalue weighted by atomic mass is 16.2. The fraction of sp³-hybridized carbons (Fsp3) is 0.444. The Morgan fingerprint density at radius 2 is 2.21 bits per heavy atom. The third-order valence-electron chi connectivity index (χ3n) is 4.39. The molecule has 0 bridgehead atoms. The first-order valence-electron chi connectivity index (χ1n) is 8.21. The van der Waals surface area contributed by atoms with Gasteiger partial charge >= 0.3 is 0 Å². The van der Waals surface area contributed by atoms with Crippen LogP contribution >= 0.6 is 0 Å². The number of carbonyl (C=O) groups excluding carboxylic acids is 2. The predicted molar refractivity (Wildman–Crippen MR) is 92.8 cm³/mol. The predicted octanol–water partition coefficient (Wildman–Crippen LogP) is 1.91. The SMILES string of the molecule is CN(C)CC1CCC2=C(C(=O)C1)C(C(=O)Nc1ccccn1)C=N2. The van der Waals surface area contributed by atoms with Crippen LogP contribution in [0.2, 0.25) is 0 Å². The van der Waals surface area contributed by atoms with Gasteiger partial charge in [0, 0.05) is 36.6 Å². The highest BCUT2D eigenvalue weighted by Gasteiger charge is 2.36. The van der Waals surface area contributed by atoms with E-state index in [1.807, 2.05) is 14.1 Å². The number of ketones is 1.